The van der Waals surface area contributed by atoms with Crippen molar-refractivity contribution in [3.63, 3.8) is 0 Å². The number of phosphoric ester groups is 1. The summed E-state index contributed by atoms with van der Waals surface area (Å²) in [4.78, 5) is 37.6. The molecule has 0 aliphatic rings. The summed E-state index contributed by atoms with van der Waals surface area (Å²) >= 11 is 0. The molecule has 0 aliphatic carbocycles. The summed E-state index contributed by atoms with van der Waals surface area (Å²) in [5.74, 6) is -0.842. The molecular formula is C48H92NO8P. The van der Waals surface area contributed by atoms with Crippen LogP contribution < -0.4 is 4.89 Å². The standard InChI is InChI=1S/C48H92NO8P/c1-6-8-10-12-14-16-18-20-21-22-23-24-25-26-27-29-30-32-34-36-38-40-47(50)54-44-46(45-56-58(52,53)55-43-42-49(3,4)5)57-48(51)41-39-37-35-33-31-28-19-17-15-13-11-9-7-2/h11,13,17,19,46H,6-10,12,14-16,18,20-45H2,1-5H3/b13-11-,19-17-. The van der Waals surface area contributed by atoms with Crippen molar-refractivity contribution in [2.75, 3.05) is 47.5 Å². The molecule has 0 rings (SSSR count). The van der Waals surface area contributed by atoms with Gasteiger partial charge in [-0.3, -0.25) is 14.2 Å². The first-order chi connectivity index (χ1) is 28.0. The molecule has 10 heteroatoms. The molecular weight excluding hydrogens is 750 g/mol. The van der Waals surface area contributed by atoms with E-state index in [4.69, 9.17) is 18.5 Å². The van der Waals surface area contributed by atoms with E-state index in [1.807, 2.05) is 21.1 Å². The van der Waals surface area contributed by atoms with Gasteiger partial charge in [0.25, 0.3) is 7.82 Å². The molecule has 9 nitrogen and oxygen atoms in total. The van der Waals surface area contributed by atoms with E-state index in [-0.39, 0.29) is 32.0 Å². The van der Waals surface area contributed by atoms with Crippen molar-refractivity contribution in [3.8, 4) is 0 Å². The van der Waals surface area contributed by atoms with Crippen LogP contribution in [0, 0.1) is 0 Å². The van der Waals surface area contributed by atoms with Gasteiger partial charge in [0.1, 0.15) is 19.8 Å². The number of phosphoric acid groups is 1. The van der Waals surface area contributed by atoms with Gasteiger partial charge in [0.2, 0.25) is 0 Å². The number of rotatable bonds is 44. The van der Waals surface area contributed by atoms with Crippen LogP contribution in [0.3, 0.4) is 0 Å². The van der Waals surface area contributed by atoms with Crippen molar-refractivity contribution >= 4 is 19.8 Å². The highest BCUT2D eigenvalue weighted by molar-refractivity contribution is 7.45. The zero-order chi connectivity index (χ0) is 42.8. The minimum atomic E-state index is -4.63. The van der Waals surface area contributed by atoms with Gasteiger partial charge in [-0.1, -0.05) is 192 Å². The largest absolute Gasteiger partial charge is 0.756 e. The molecule has 0 aromatic heterocycles. The number of quaternary nitrogens is 1. The van der Waals surface area contributed by atoms with E-state index < -0.39 is 26.5 Å². The maximum atomic E-state index is 12.7. The molecule has 2 atom stereocenters. The quantitative estimate of drug-likeness (QED) is 0.0196. The third kappa shape index (κ3) is 44.1. The lowest BCUT2D eigenvalue weighted by Crippen LogP contribution is -2.37. The molecule has 0 heterocycles. The van der Waals surface area contributed by atoms with Crippen LogP contribution in [-0.4, -0.2) is 70.0 Å². The predicted octanol–water partition coefficient (Wildman–Crippen LogP) is 13.3. The molecule has 0 N–H and O–H groups in total. The third-order valence-electron chi connectivity index (χ3n) is 10.5. The molecule has 0 bridgehead atoms. The summed E-state index contributed by atoms with van der Waals surface area (Å²) in [5.41, 5.74) is 0. The molecule has 0 spiro atoms. The summed E-state index contributed by atoms with van der Waals surface area (Å²) < 4.78 is 33.9. The third-order valence-corrected chi connectivity index (χ3v) is 11.4. The lowest BCUT2D eigenvalue weighted by molar-refractivity contribution is -0.870. The average molecular weight is 842 g/mol. The van der Waals surface area contributed by atoms with E-state index in [0.29, 0.717) is 17.4 Å². The number of hydrogen-bond acceptors (Lipinski definition) is 8. The molecule has 2 unspecified atom stereocenters. The van der Waals surface area contributed by atoms with Crippen LogP contribution in [0.2, 0.25) is 0 Å². The Balaban J connectivity index is 4.21. The Kier molecular flexibility index (Phi) is 39.8. The monoisotopic (exact) mass is 842 g/mol. The second-order valence-electron chi connectivity index (χ2n) is 17.5. The zero-order valence-corrected chi connectivity index (χ0v) is 39.4. The van der Waals surface area contributed by atoms with Crippen molar-refractivity contribution in [1.29, 1.82) is 0 Å². The first-order valence-electron chi connectivity index (χ1n) is 24.0. The van der Waals surface area contributed by atoms with Crippen LogP contribution in [0.1, 0.15) is 219 Å². The lowest BCUT2D eigenvalue weighted by atomic mass is 10.0. The number of unbranched alkanes of at least 4 members (excludes halogenated alkanes) is 26. The molecule has 58 heavy (non-hydrogen) atoms. The van der Waals surface area contributed by atoms with Gasteiger partial charge in [0.05, 0.1) is 27.7 Å². The van der Waals surface area contributed by atoms with Gasteiger partial charge in [-0.25, -0.2) is 0 Å². The predicted molar refractivity (Wildman–Crippen MR) is 241 cm³/mol. The summed E-state index contributed by atoms with van der Waals surface area (Å²) in [6.45, 7) is 4.17. The fourth-order valence-corrected chi connectivity index (χ4v) is 7.42. The number of ether oxygens (including phenoxy) is 2. The Hall–Kier alpha value is -1.51. The van der Waals surface area contributed by atoms with Gasteiger partial charge >= 0.3 is 11.9 Å². The fraction of sp³-hybridized carbons (Fsp3) is 0.875. The van der Waals surface area contributed by atoms with Crippen LogP contribution in [-0.2, 0) is 32.7 Å². The topological polar surface area (TPSA) is 111 Å². The van der Waals surface area contributed by atoms with E-state index in [1.165, 1.54) is 122 Å². The molecule has 0 radical (unpaired) electrons. The Morgan fingerprint density at radius 2 is 0.966 bits per heavy atom. The summed E-state index contributed by atoms with van der Waals surface area (Å²) in [7, 11) is 1.16. The van der Waals surface area contributed by atoms with Crippen molar-refractivity contribution in [3.05, 3.63) is 24.3 Å². The number of likely N-dealkylation sites (N-methyl/N-ethyl adjacent to an activating group) is 1. The summed E-state index contributed by atoms with van der Waals surface area (Å²) in [6, 6.07) is 0. The summed E-state index contributed by atoms with van der Waals surface area (Å²) in [5, 5.41) is 0. The average Bonchev–Trinajstić information content (AvgIpc) is 3.17. The molecule has 0 aliphatic heterocycles. The van der Waals surface area contributed by atoms with E-state index >= 15 is 0 Å². The number of allylic oxidation sites excluding steroid dienone is 4. The smallest absolute Gasteiger partial charge is 0.306 e. The van der Waals surface area contributed by atoms with Crippen molar-refractivity contribution in [2.24, 2.45) is 0 Å². The van der Waals surface area contributed by atoms with Gasteiger partial charge in [-0.15, -0.1) is 0 Å². The maximum absolute atomic E-state index is 12.7. The van der Waals surface area contributed by atoms with E-state index in [9.17, 15) is 19.0 Å². The number of nitrogens with zero attached hydrogens (tertiary/aromatic N) is 1. The second-order valence-corrected chi connectivity index (χ2v) is 18.9. The number of hydrogen-bond donors (Lipinski definition) is 0. The maximum Gasteiger partial charge on any atom is 0.306 e. The van der Waals surface area contributed by atoms with Gasteiger partial charge in [-0.2, -0.15) is 0 Å². The van der Waals surface area contributed by atoms with Crippen molar-refractivity contribution in [1.82, 2.24) is 0 Å². The highest BCUT2D eigenvalue weighted by Crippen LogP contribution is 2.38. The lowest BCUT2D eigenvalue weighted by Gasteiger charge is -2.28. The van der Waals surface area contributed by atoms with Gasteiger partial charge in [0.15, 0.2) is 6.10 Å². The SMILES string of the molecule is CCC/C=C\C/C=C\CCCCCCCC(=O)OC(COC(=O)CCCCCCCCCCCCCCCCCCCCCCC)COP(=O)([O-])OCC[N+](C)(C)C. The van der Waals surface area contributed by atoms with Crippen molar-refractivity contribution < 1.29 is 42.1 Å². The number of esters is 2. The fourth-order valence-electron chi connectivity index (χ4n) is 6.69. The van der Waals surface area contributed by atoms with Crippen LogP contribution in [0.5, 0.6) is 0 Å². The molecule has 0 amide bonds. The first kappa shape index (κ1) is 56.5. The minimum Gasteiger partial charge on any atom is -0.756 e. The Morgan fingerprint density at radius 3 is 1.43 bits per heavy atom. The zero-order valence-electron chi connectivity index (χ0n) is 38.5. The Labute approximate surface area is 358 Å². The highest BCUT2D eigenvalue weighted by atomic mass is 31.2. The van der Waals surface area contributed by atoms with Crippen LogP contribution in [0.4, 0.5) is 0 Å². The molecule has 342 valence electrons. The molecule has 0 aromatic rings. The van der Waals surface area contributed by atoms with Gasteiger partial charge in [-0.05, 0) is 38.5 Å². The molecule has 0 fully saturated rings. The molecule has 0 saturated carbocycles. The van der Waals surface area contributed by atoms with E-state index in [0.717, 1.165) is 64.2 Å². The van der Waals surface area contributed by atoms with Gasteiger partial charge < -0.3 is 27.9 Å². The Morgan fingerprint density at radius 1 is 0.534 bits per heavy atom. The van der Waals surface area contributed by atoms with E-state index in [2.05, 4.69) is 38.2 Å². The number of carbonyl (C=O) groups is 2. The van der Waals surface area contributed by atoms with E-state index in [1.54, 1.807) is 0 Å². The summed E-state index contributed by atoms with van der Waals surface area (Å²) in [6.07, 6.45) is 45.0. The van der Waals surface area contributed by atoms with Crippen LogP contribution >= 0.6 is 7.82 Å². The highest BCUT2D eigenvalue weighted by Gasteiger charge is 2.21. The number of carbonyl (C=O) groups excluding carboxylic acids is 2. The van der Waals surface area contributed by atoms with Gasteiger partial charge in [0, 0.05) is 12.8 Å². The van der Waals surface area contributed by atoms with Crippen molar-refractivity contribution in [2.45, 2.75) is 225 Å². The molecule has 0 saturated heterocycles. The minimum absolute atomic E-state index is 0.0318. The first-order valence-corrected chi connectivity index (χ1v) is 25.5. The van der Waals surface area contributed by atoms with Crippen LogP contribution in [0.15, 0.2) is 24.3 Å². The second kappa shape index (κ2) is 40.9. The molecule has 0 aromatic carbocycles. The normalized spacial score (nSPS) is 13.7. The Bertz CT molecular complexity index is 1040. The van der Waals surface area contributed by atoms with Crippen LogP contribution in [0.25, 0.3) is 0 Å².